The van der Waals surface area contributed by atoms with Gasteiger partial charge in [0.15, 0.2) is 0 Å². The molecular weight excluding hydrogens is 316 g/mol. The van der Waals surface area contributed by atoms with E-state index >= 15 is 0 Å². The van der Waals surface area contributed by atoms with E-state index in [0.29, 0.717) is 6.42 Å². The van der Waals surface area contributed by atoms with Crippen LogP contribution in [0.2, 0.25) is 0 Å². The highest BCUT2D eigenvalue weighted by Crippen LogP contribution is 2.35. The van der Waals surface area contributed by atoms with Gasteiger partial charge in [0, 0.05) is 12.6 Å². The summed E-state index contributed by atoms with van der Waals surface area (Å²) in [4.78, 5) is 14.0. The number of hydrogen-bond acceptors (Lipinski definition) is 4. The van der Waals surface area contributed by atoms with Crippen LogP contribution >= 0.6 is 0 Å². The average molecular weight is 340 g/mol. The standard InChI is InChI=1S/C16H24N2O4S/c1-12-6-5-7-14(10-12)23(21,22)18-9-8-13(17(3)4)11-16(18,2)15(19)20/h5-7,10,13H,8-9,11H2,1-4H3,(H,19,20). The summed E-state index contributed by atoms with van der Waals surface area (Å²) >= 11 is 0. The topological polar surface area (TPSA) is 77.9 Å². The van der Waals surface area contributed by atoms with E-state index in [9.17, 15) is 18.3 Å². The average Bonchev–Trinajstić information content (AvgIpc) is 2.46. The van der Waals surface area contributed by atoms with E-state index < -0.39 is 21.5 Å². The maximum absolute atomic E-state index is 13.0. The third-order valence-electron chi connectivity index (χ3n) is 4.62. The van der Waals surface area contributed by atoms with Crippen molar-refractivity contribution in [2.75, 3.05) is 20.6 Å². The molecule has 1 fully saturated rings. The molecule has 2 unspecified atom stereocenters. The summed E-state index contributed by atoms with van der Waals surface area (Å²) in [5.41, 5.74) is -0.623. The Bertz CT molecular complexity index is 702. The van der Waals surface area contributed by atoms with E-state index in [4.69, 9.17) is 0 Å². The van der Waals surface area contributed by atoms with Crippen LogP contribution < -0.4 is 0 Å². The van der Waals surface area contributed by atoms with Gasteiger partial charge in [0.25, 0.3) is 0 Å². The number of carboxylic acid groups (broad SMARTS) is 1. The molecule has 0 spiro atoms. The molecule has 1 heterocycles. The lowest BCUT2D eigenvalue weighted by Crippen LogP contribution is -2.61. The van der Waals surface area contributed by atoms with Gasteiger partial charge in [-0.1, -0.05) is 12.1 Å². The van der Waals surface area contributed by atoms with Gasteiger partial charge in [-0.3, -0.25) is 4.79 Å². The number of carboxylic acids is 1. The van der Waals surface area contributed by atoms with Gasteiger partial charge in [-0.25, -0.2) is 8.42 Å². The second kappa shape index (κ2) is 6.22. The highest BCUT2D eigenvalue weighted by Gasteiger charge is 2.50. The molecule has 1 aliphatic heterocycles. The van der Waals surface area contributed by atoms with Crippen molar-refractivity contribution in [1.29, 1.82) is 0 Å². The number of hydrogen-bond donors (Lipinski definition) is 1. The Labute approximate surface area is 137 Å². The van der Waals surface area contributed by atoms with Crippen molar-refractivity contribution in [3.63, 3.8) is 0 Å². The van der Waals surface area contributed by atoms with Crippen molar-refractivity contribution in [3.8, 4) is 0 Å². The molecule has 0 aromatic heterocycles. The highest BCUT2D eigenvalue weighted by atomic mass is 32.2. The molecule has 1 saturated heterocycles. The summed E-state index contributed by atoms with van der Waals surface area (Å²) in [7, 11) is -0.0792. The minimum atomic E-state index is -3.85. The molecule has 1 N–H and O–H groups in total. The number of benzene rings is 1. The summed E-state index contributed by atoms with van der Waals surface area (Å²) in [6.07, 6.45) is 0.876. The Kier molecular flexibility index (Phi) is 4.84. The van der Waals surface area contributed by atoms with E-state index in [2.05, 4.69) is 0 Å². The van der Waals surface area contributed by atoms with Gasteiger partial charge in [0.05, 0.1) is 4.90 Å². The van der Waals surface area contributed by atoms with Gasteiger partial charge in [-0.15, -0.1) is 0 Å². The van der Waals surface area contributed by atoms with Gasteiger partial charge >= 0.3 is 5.97 Å². The maximum atomic E-state index is 13.0. The van der Waals surface area contributed by atoms with E-state index in [-0.39, 0.29) is 23.9 Å². The molecule has 0 amide bonds. The quantitative estimate of drug-likeness (QED) is 0.900. The van der Waals surface area contributed by atoms with Gasteiger partial charge in [0.1, 0.15) is 5.54 Å². The normalized spacial score (nSPS) is 26.4. The third-order valence-corrected chi connectivity index (χ3v) is 6.63. The molecule has 2 atom stereocenters. The first kappa shape index (κ1) is 17.9. The summed E-state index contributed by atoms with van der Waals surface area (Å²) in [5.74, 6) is -1.11. The van der Waals surface area contributed by atoms with Gasteiger partial charge < -0.3 is 10.0 Å². The molecule has 0 aliphatic carbocycles. The largest absolute Gasteiger partial charge is 0.480 e. The summed E-state index contributed by atoms with van der Waals surface area (Å²) in [6, 6.07) is 6.62. The van der Waals surface area contributed by atoms with E-state index in [1.807, 2.05) is 32.0 Å². The summed E-state index contributed by atoms with van der Waals surface area (Å²) < 4.78 is 27.1. The van der Waals surface area contributed by atoms with Crippen LogP contribution in [-0.2, 0) is 14.8 Å². The van der Waals surface area contributed by atoms with Crippen LogP contribution in [0.1, 0.15) is 25.3 Å². The maximum Gasteiger partial charge on any atom is 0.324 e. The zero-order valence-corrected chi connectivity index (χ0v) is 14.8. The van der Waals surface area contributed by atoms with Crippen molar-refractivity contribution in [1.82, 2.24) is 9.21 Å². The zero-order chi connectivity index (χ0) is 17.4. The second-order valence-electron chi connectivity index (χ2n) is 6.58. The Morgan fingerprint density at radius 1 is 1.39 bits per heavy atom. The SMILES string of the molecule is Cc1cccc(S(=O)(=O)N2CCC(N(C)C)CC2(C)C(=O)O)c1. The first-order valence-corrected chi connectivity index (χ1v) is 9.02. The van der Waals surface area contributed by atoms with Crippen molar-refractivity contribution >= 4 is 16.0 Å². The lowest BCUT2D eigenvalue weighted by atomic mass is 9.87. The molecule has 2 rings (SSSR count). The molecule has 0 radical (unpaired) electrons. The molecule has 1 aromatic carbocycles. The number of carbonyl (C=O) groups is 1. The number of aliphatic carboxylic acids is 1. The lowest BCUT2D eigenvalue weighted by molar-refractivity contribution is -0.150. The molecule has 1 aromatic rings. The van der Waals surface area contributed by atoms with Gasteiger partial charge in [-0.05, 0) is 58.5 Å². The number of aryl methyl sites for hydroxylation is 1. The first-order valence-electron chi connectivity index (χ1n) is 7.58. The van der Waals surface area contributed by atoms with E-state index in [0.717, 1.165) is 9.87 Å². The molecule has 0 bridgehead atoms. The number of sulfonamides is 1. The number of nitrogens with zero attached hydrogens (tertiary/aromatic N) is 2. The molecule has 6 nitrogen and oxygen atoms in total. The van der Waals surface area contributed by atoms with Crippen LogP contribution in [0.5, 0.6) is 0 Å². The van der Waals surface area contributed by atoms with Crippen LogP contribution in [0.25, 0.3) is 0 Å². The van der Waals surface area contributed by atoms with Crippen molar-refractivity contribution < 1.29 is 18.3 Å². The lowest BCUT2D eigenvalue weighted by Gasteiger charge is -2.45. The monoisotopic (exact) mass is 340 g/mol. The first-order chi connectivity index (χ1) is 10.6. The Hall–Kier alpha value is -1.44. The Balaban J connectivity index is 2.46. The summed E-state index contributed by atoms with van der Waals surface area (Å²) in [5, 5.41) is 9.71. The van der Waals surface area contributed by atoms with Crippen molar-refractivity contribution in [2.24, 2.45) is 0 Å². The molecule has 0 saturated carbocycles. The fourth-order valence-corrected chi connectivity index (χ4v) is 4.97. The minimum absolute atomic E-state index is 0.0417. The van der Waals surface area contributed by atoms with E-state index in [1.165, 1.54) is 13.0 Å². The minimum Gasteiger partial charge on any atom is -0.480 e. The van der Waals surface area contributed by atoms with Crippen LogP contribution in [0.3, 0.4) is 0 Å². The third kappa shape index (κ3) is 3.27. The number of rotatable bonds is 4. The molecule has 23 heavy (non-hydrogen) atoms. The van der Waals surface area contributed by atoms with E-state index in [1.54, 1.807) is 12.1 Å². The van der Waals surface area contributed by atoms with Crippen LogP contribution in [0.15, 0.2) is 29.2 Å². The van der Waals surface area contributed by atoms with Gasteiger partial charge in [0.2, 0.25) is 10.0 Å². The Morgan fingerprint density at radius 2 is 2.04 bits per heavy atom. The molecular formula is C16H24N2O4S. The van der Waals surface area contributed by atoms with Crippen molar-refractivity contribution in [2.45, 2.75) is 43.2 Å². The van der Waals surface area contributed by atoms with Crippen LogP contribution in [0.4, 0.5) is 0 Å². The zero-order valence-electron chi connectivity index (χ0n) is 14.0. The van der Waals surface area contributed by atoms with Crippen molar-refractivity contribution in [3.05, 3.63) is 29.8 Å². The van der Waals surface area contributed by atoms with Crippen LogP contribution in [-0.4, -0.2) is 60.9 Å². The predicted octanol–water partition coefficient (Wildman–Crippen LogP) is 1.55. The molecule has 1 aliphatic rings. The fourth-order valence-electron chi connectivity index (χ4n) is 3.10. The Morgan fingerprint density at radius 3 is 2.57 bits per heavy atom. The smallest absolute Gasteiger partial charge is 0.324 e. The van der Waals surface area contributed by atoms with Gasteiger partial charge in [-0.2, -0.15) is 4.31 Å². The highest BCUT2D eigenvalue weighted by molar-refractivity contribution is 7.89. The molecule has 128 valence electrons. The fraction of sp³-hybridized carbons (Fsp3) is 0.562. The summed E-state index contributed by atoms with van der Waals surface area (Å²) in [6.45, 7) is 3.51. The number of piperidine rings is 1. The molecule has 7 heteroatoms. The van der Waals surface area contributed by atoms with Crippen LogP contribution in [0, 0.1) is 6.92 Å². The second-order valence-corrected chi connectivity index (χ2v) is 8.45. The predicted molar refractivity (Wildman–Crippen MR) is 87.8 cm³/mol.